The monoisotopic (exact) mass is 290 g/mol. The van der Waals surface area contributed by atoms with Crippen LogP contribution in [0.1, 0.15) is 45.2 Å². The number of amides is 1. The third kappa shape index (κ3) is 4.05. The molecule has 0 saturated carbocycles. The van der Waals surface area contributed by atoms with Crippen molar-refractivity contribution >= 4 is 11.6 Å². The van der Waals surface area contributed by atoms with Crippen LogP contribution in [0.15, 0.2) is 24.3 Å². The van der Waals surface area contributed by atoms with Crippen molar-refractivity contribution in [2.75, 3.05) is 18.0 Å². The summed E-state index contributed by atoms with van der Waals surface area (Å²) < 4.78 is 0. The van der Waals surface area contributed by atoms with Gasteiger partial charge in [0.25, 0.3) is 0 Å². The van der Waals surface area contributed by atoms with Crippen LogP contribution < -0.4 is 10.2 Å². The molecule has 1 heterocycles. The van der Waals surface area contributed by atoms with Gasteiger partial charge in [0.15, 0.2) is 0 Å². The first kappa shape index (κ1) is 16.0. The second kappa shape index (κ2) is 7.05. The maximum Gasteiger partial charge on any atom is 0.227 e. The van der Waals surface area contributed by atoms with E-state index in [4.69, 9.17) is 0 Å². The number of nitrogens with zero attached hydrogens (tertiary/aromatic N) is 1. The summed E-state index contributed by atoms with van der Waals surface area (Å²) in [7, 11) is 0. The summed E-state index contributed by atoms with van der Waals surface area (Å²) in [6.45, 7) is 7.49. The molecular formula is C17H26N2O2. The minimum absolute atomic E-state index is 0.149. The Hall–Kier alpha value is -1.39. The number of rotatable bonds is 6. The molecule has 4 nitrogen and oxygen atoms in total. The lowest BCUT2D eigenvalue weighted by Gasteiger charge is -2.21. The van der Waals surface area contributed by atoms with Crippen LogP contribution in [0.25, 0.3) is 0 Å². The lowest BCUT2D eigenvalue weighted by molar-refractivity contribution is -0.117. The normalized spacial score (nSPS) is 18.3. The fourth-order valence-electron chi connectivity index (χ4n) is 2.53. The van der Waals surface area contributed by atoms with Crippen molar-refractivity contribution < 1.29 is 9.90 Å². The smallest absolute Gasteiger partial charge is 0.227 e. The van der Waals surface area contributed by atoms with Gasteiger partial charge >= 0.3 is 0 Å². The van der Waals surface area contributed by atoms with Gasteiger partial charge in [0, 0.05) is 31.2 Å². The Balaban J connectivity index is 2.01. The molecule has 0 bridgehead atoms. The highest BCUT2D eigenvalue weighted by Crippen LogP contribution is 2.24. The maximum absolute atomic E-state index is 11.8. The van der Waals surface area contributed by atoms with Crippen molar-refractivity contribution in [1.29, 1.82) is 0 Å². The van der Waals surface area contributed by atoms with Gasteiger partial charge in [-0.05, 0) is 37.0 Å². The Bertz CT molecular complexity index is 487. The first-order valence-electron chi connectivity index (χ1n) is 7.81. The second-order valence-corrected chi connectivity index (χ2v) is 6.19. The molecule has 1 aliphatic heterocycles. The number of carbonyl (C=O) groups is 1. The average molecular weight is 290 g/mol. The topological polar surface area (TPSA) is 52.6 Å². The molecule has 2 unspecified atom stereocenters. The molecule has 0 aliphatic carbocycles. The molecule has 2 rings (SSSR count). The van der Waals surface area contributed by atoms with Crippen LogP contribution in [0.2, 0.25) is 0 Å². The number of hydrogen-bond acceptors (Lipinski definition) is 3. The molecule has 1 fully saturated rings. The van der Waals surface area contributed by atoms with Crippen LogP contribution >= 0.6 is 0 Å². The summed E-state index contributed by atoms with van der Waals surface area (Å²) in [6.07, 6.45) is 1.26. The summed E-state index contributed by atoms with van der Waals surface area (Å²) in [5.41, 5.74) is 2.12. The highest BCUT2D eigenvalue weighted by Gasteiger charge is 2.22. The standard InChI is InChI=1S/C17H26N2O2/c1-12(2)16(20)11-18-13(3)14-6-4-7-15(10-14)19-9-5-8-17(19)21/h4,6-7,10,12-13,16,18,20H,5,8-9,11H2,1-3H3. The minimum Gasteiger partial charge on any atom is -0.392 e. The lowest BCUT2D eigenvalue weighted by Crippen LogP contribution is -2.32. The van der Waals surface area contributed by atoms with Gasteiger partial charge in [-0.3, -0.25) is 4.79 Å². The Morgan fingerprint density at radius 2 is 2.10 bits per heavy atom. The molecule has 21 heavy (non-hydrogen) atoms. The van der Waals surface area contributed by atoms with E-state index in [-0.39, 0.29) is 24.0 Å². The molecular weight excluding hydrogens is 264 g/mol. The van der Waals surface area contributed by atoms with Crippen LogP contribution in [-0.4, -0.2) is 30.2 Å². The largest absolute Gasteiger partial charge is 0.392 e. The van der Waals surface area contributed by atoms with Gasteiger partial charge in [-0.15, -0.1) is 0 Å². The Kier molecular flexibility index (Phi) is 5.37. The van der Waals surface area contributed by atoms with Gasteiger partial charge in [0.1, 0.15) is 0 Å². The Labute approximate surface area is 127 Å². The van der Waals surface area contributed by atoms with Crippen molar-refractivity contribution in [3.63, 3.8) is 0 Å². The quantitative estimate of drug-likeness (QED) is 0.846. The van der Waals surface area contributed by atoms with Crippen LogP contribution in [0.4, 0.5) is 5.69 Å². The summed E-state index contributed by atoms with van der Waals surface area (Å²) in [4.78, 5) is 13.7. The molecule has 4 heteroatoms. The van der Waals surface area contributed by atoms with Crippen molar-refractivity contribution in [3.05, 3.63) is 29.8 Å². The third-order valence-electron chi connectivity index (χ3n) is 4.16. The lowest BCUT2D eigenvalue weighted by atomic mass is 10.0. The number of carbonyl (C=O) groups excluding carboxylic acids is 1. The van der Waals surface area contributed by atoms with Gasteiger partial charge in [-0.2, -0.15) is 0 Å². The van der Waals surface area contributed by atoms with Crippen molar-refractivity contribution in [3.8, 4) is 0 Å². The zero-order valence-electron chi connectivity index (χ0n) is 13.2. The van der Waals surface area contributed by atoms with Gasteiger partial charge < -0.3 is 15.3 Å². The van der Waals surface area contributed by atoms with E-state index in [1.165, 1.54) is 0 Å². The molecule has 1 amide bonds. The van der Waals surface area contributed by atoms with E-state index in [0.717, 1.165) is 24.2 Å². The summed E-state index contributed by atoms with van der Waals surface area (Å²) in [5, 5.41) is 13.2. The first-order valence-corrected chi connectivity index (χ1v) is 7.81. The molecule has 2 N–H and O–H groups in total. The molecule has 116 valence electrons. The predicted molar refractivity (Wildman–Crippen MR) is 85.3 cm³/mol. The summed E-state index contributed by atoms with van der Waals surface area (Å²) in [6, 6.07) is 8.26. The zero-order chi connectivity index (χ0) is 15.4. The second-order valence-electron chi connectivity index (χ2n) is 6.19. The number of hydrogen-bond donors (Lipinski definition) is 2. The number of aliphatic hydroxyl groups excluding tert-OH is 1. The molecule has 0 spiro atoms. The number of nitrogens with one attached hydrogen (secondary N) is 1. The molecule has 0 aromatic heterocycles. The van der Waals surface area contributed by atoms with Gasteiger partial charge in [-0.25, -0.2) is 0 Å². The van der Waals surface area contributed by atoms with E-state index in [0.29, 0.717) is 13.0 Å². The molecule has 1 aromatic carbocycles. The number of anilines is 1. The van der Waals surface area contributed by atoms with Crippen LogP contribution in [0.5, 0.6) is 0 Å². The van der Waals surface area contributed by atoms with E-state index in [9.17, 15) is 9.90 Å². The van der Waals surface area contributed by atoms with Gasteiger partial charge in [-0.1, -0.05) is 26.0 Å². The Morgan fingerprint density at radius 1 is 1.33 bits per heavy atom. The highest BCUT2D eigenvalue weighted by atomic mass is 16.3. The van der Waals surface area contributed by atoms with Crippen molar-refractivity contribution in [2.24, 2.45) is 5.92 Å². The molecule has 1 aromatic rings. The van der Waals surface area contributed by atoms with E-state index >= 15 is 0 Å². The van der Waals surface area contributed by atoms with Gasteiger partial charge in [0.2, 0.25) is 5.91 Å². The molecule has 2 atom stereocenters. The summed E-state index contributed by atoms with van der Waals surface area (Å²) >= 11 is 0. The van der Waals surface area contributed by atoms with E-state index in [1.54, 1.807) is 0 Å². The first-order chi connectivity index (χ1) is 9.99. The maximum atomic E-state index is 11.8. The SMILES string of the molecule is CC(NCC(O)C(C)C)c1cccc(N2CCCC2=O)c1. The van der Waals surface area contributed by atoms with Crippen molar-refractivity contribution in [2.45, 2.75) is 45.8 Å². The van der Waals surface area contributed by atoms with E-state index in [2.05, 4.69) is 24.4 Å². The Morgan fingerprint density at radius 3 is 2.71 bits per heavy atom. The van der Waals surface area contributed by atoms with E-state index < -0.39 is 0 Å². The van der Waals surface area contributed by atoms with Crippen molar-refractivity contribution in [1.82, 2.24) is 5.32 Å². The van der Waals surface area contributed by atoms with Crippen LogP contribution in [0, 0.1) is 5.92 Å². The zero-order valence-corrected chi connectivity index (χ0v) is 13.2. The molecule has 1 aliphatic rings. The fraction of sp³-hybridized carbons (Fsp3) is 0.588. The highest BCUT2D eigenvalue weighted by molar-refractivity contribution is 5.95. The summed E-state index contributed by atoms with van der Waals surface area (Å²) in [5.74, 6) is 0.459. The van der Waals surface area contributed by atoms with Crippen LogP contribution in [-0.2, 0) is 4.79 Å². The van der Waals surface area contributed by atoms with E-state index in [1.807, 2.05) is 30.9 Å². The number of aliphatic hydroxyl groups is 1. The number of benzene rings is 1. The minimum atomic E-state index is -0.337. The predicted octanol–water partition coefficient (Wildman–Crippen LogP) is 2.48. The fourth-order valence-corrected chi connectivity index (χ4v) is 2.53. The van der Waals surface area contributed by atoms with Crippen LogP contribution in [0.3, 0.4) is 0 Å². The third-order valence-corrected chi connectivity index (χ3v) is 4.16. The molecule has 1 saturated heterocycles. The average Bonchev–Trinajstić information content (AvgIpc) is 2.90. The van der Waals surface area contributed by atoms with Gasteiger partial charge in [0.05, 0.1) is 6.10 Å². The molecule has 0 radical (unpaired) electrons.